The van der Waals surface area contributed by atoms with Gasteiger partial charge in [0.05, 0.1) is 0 Å². The average Bonchev–Trinajstić information content (AvgIpc) is 2.36. The van der Waals surface area contributed by atoms with Crippen LogP contribution in [-0.4, -0.2) is 19.1 Å². The topological polar surface area (TPSA) is 40.1 Å². The summed E-state index contributed by atoms with van der Waals surface area (Å²) in [4.78, 5) is 0. The van der Waals surface area contributed by atoms with Crippen molar-refractivity contribution >= 4 is 0 Å². The summed E-state index contributed by atoms with van der Waals surface area (Å²) < 4.78 is 0. The van der Waals surface area contributed by atoms with E-state index in [0.717, 1.165) is 13.1 Å². The first-order valence-corrected chi connectivity index (χ1v) is 4.10. The number of hydrogen-bond donors (Lipinski definition) is 1. The minimum Gasteiger partial charge on any atom is -0.327 e. The predicted octanol–water partition coefficient (Wildman–Crippen LogP) is 0.594. The van der Waals surface area contributed by atoms with E-state index in [1.54, 1.807) is 0 Å². The molecule has 1 rings (SSSR count). The van der Waals surface area contributed by atoms with Gasteiger partial charge in [-0.1, -0.05) is 13.8 Å². The van der Waals surface area contributed by atoms with E-state index in [1.165, 1.54) is 6.42 Å². The maximum atomic E-state index is 5.96. The quantitative estimate of drug-likeness (QED) is 0.601. The van der Waals surface area contributed by atoms with Crippen LogP contribution in [0.4, 0.5) is 0 Å². The Morgan fingerprint density at radius 1 is 1.50 bits per heavy atom. The average molecular weight is 141 g/mol. The second-order valence-corrected chi connectivity index (χ2v) is 3.50. The number of nitrogens with zero attached hydrogens (tertiary/aromatic N) is 1. The summed E-state index contributed by atoms with van der Waals surface area (Å²) in [6, 6.07) is 0.367. The van der Waals surface area contributed by atoms with Crippen molar-refractivity contribution in [2.45, 2.75) is 26.3 Å². The van der Waals surface area contributed by atoms with Crippen LogP contribution in [0.15, 0.2) is 0 Å². The SMILES string of the molecule is CC(C)C(N)C1CC[N]C1. The molecule has 59 valence electrons. The van der Waals surface area contributed by atoms with Gasteiger partial charge in [-0.25, -0.2) is 5.32 Å². The Morgan fingerprint density at radius 2 is 2.20 bits per heavy atom. The lowest BCUT2D eigenvalue weighted by Crippen LogP contribution is -2.35. The monoisotopic (exact) mass is 141 g/mol. The molecular formula is C8H17N2. The highest BCUT2D eigenvalue weighted by Crippen LogP contribution is 2.17. The molecule has 0 aromatic carbocycles. The van der Waals surface area contributed by atoms with Crippen molar-refractivity contribution in [2.75, 3.05) is 13.1 Å². The molecule has 0 spiro atoms. The Balaban J connectivity index is 2.32. The van der Waals surface area contributed by atoms with Crippen LogP contribution >= 0.6 is 0 Å². The first-order valence-electron chi connectivity index (χ1n) is 4.10. The van der Waals surface area contributed by atoms with Crippen LogP contribution in [0, 0.1) is 11.8 Å². The van der Waals surface area contributed by atoms with E-state index in [4.69, 9.17) is 5.73 Å². The Labute approximate surface area is 63.2 Å². The molecule has 0 aliphatic carbocycles. The molecule has 1 heterocycles. The van der Waals surface area contributed by atoms with Crippen molar-refractivity contribution < 1.29 is 0 Å². The first-order chi connectivity index (χ1) is 4.72. The molecule has 0 bridgehead atoms. The van der Waals surface area contributed by atoms with Gasteiger partial charge in [0.2, 0.25) is 0 Å². The Hall–Kier alpha value is -0.0800. The van der Waals surface area contributed by atoms with Gasteiger partial charge in [-0.3, -0.25) is 0 Å². The molecule has 0 saturated carbocycles. The smallest absolute Gasteiger partial charge is 0.0177 e. The predicted molar refractivity (Wildman–Crippen MR) is 42.8 cm³/mol. The molecule has 10 heavy (non-hydrogen) atoms. The van der Waals surface area contributed by atoms with Gasteiger partial charge in [-0.05, 0) is 18.3 Å². The van der Waals surface area contributed by atoms with E-state index >= 15 is 0 Å². The standard InChI is InChI=1S/C8H17N2/c1-6(2)8(9)7-3-4-10-5-7/h6-8H,3-5,9H2,1-2H3. The summed E-state index contributed by atoms with van der Waals surface area (Å²) in [5, 5.41) is 4.29. The van der Waals surface area contributed by atoms with E-state index in [1.807, 2.05) is 0 Å². The largest absolute Gasteiger partial charge is 0.327 e. The minimum atomic E-state index is 0.367. The summed E-state index contributed by atoms with van der Waals surface area (Å²) in [6.45, 7) is 6.40. The highest BCUT2D eigenvalue weighted by molar-refractivity contribution is 4.81. The van der Waals surface area contributed by atoms with E-state index in [0.29, 0.717) is 17.9 Å². The summed E-state index contributed by atoms with van der Waals surface area (Å²) in [7, 11) is 0. The van der Waals surface area contributed by atoms with Crippen LogP contribution in [0.25, 0.3) is 0 Å². The molecule has 2 unspecified atom stereocenters. The van der Waals surface area contributed by atoms with Crippen molar-refractivity contribution in [1.29, 1.82) is 0 Å². The van der Waals surface area contributed by atoms with E-state index in [9.17, 15) is 0 Å². The summed E-state index contributed by atoms with van der Waals surface area (Å²) >= 11 is 0. The molecule has 2 heteroatoms. The van der Waals surface area contributed by atoms with Crippen molar-refractivity contribution in [3.8, 4) is 0 Å². The zero-order chi connectivity index (χ0) is 7.56. The summed E-state index contributed by atoms with van der Waals surface area (Å²) in [6.07, 6.45) is 1.21. The molecule has 1 saturated heterocycles. The van der Waals surface area contributed by atoms with Crippen molar-refractivity contribution in [3.05, 3.63) is 0 Å². The molecule has 1 aliphatic heterocycles. The van der Waals surface area contributed by atoms with Crippen molar-refractivity contribution in [1.82, 2.24) is 5.32 Å². The fourth-order valence-electron chi connectivity index (χ4n) is 1.46. The zero-order valence-electron chi connectivity index (χ0n) is 6.88. The lowest BCUT2D eigenvalue weighted by atomic mass is 9.91. The zero-order valence-corrected chi connectivity index (χ0v) is 6.88. The summed E-state index contributed by atoms with van der Waals surface area (Å²) in [5.74, 6) is 1.28. The third-order valence-electron chi connectivity index (χ3n) is 2.34. The molecule has 2 N–H and O–H groups in total. The molecule has 1 aliphatic rings. The van der Waals surface area contributed by atoms with Crippen LogP contribution in [0.5, 0.6) is 0 Å². The maximum absolute atomic E-state index is 5.96. The Kier molecular flexibility index (Phi) is 2.69. The molecule has 0 aromatic rings. The molecule has 0 aromatic heterocycles. The van der Waals surface area contributed by atoms with E-state index < -0.39 is 0 Å². The number of nitrogens with two attached hydrogens (primary N) is 1. The second kappa shape index (κ2) is 3.35. The maximum Gasteiger partial charge on any atom is 0.0177 e. The van der Waals surface area contributed by atoms with Gasteiger partial charge in [0.15, 0.2) is 0 Å². The van der Waals surface area contributed by atoms with Gasteiger partial charge in [-0.2, -0.15) is 0 Å². The Bertz CT molecular complexity index is 95.4. The van der Waals surface area contributed by atoms with Crippen LogP contribution in [0.1, 0.15) is 20.3 Å². The van der Waals surface area contributed by atoms with Gasteiger partial charge >= 0.3 is 0 Å². The fraction of sp³-hybridized carbons (Fsp3) is 1.00. The fourth-order valence-corrected chi connectivity index (χ4v) is 1.46. The molecule has 1 radical (unpaired) electrons. The lowest BCUT2D eigenvalue weighted by Gasteiger charge is -2.21. The molecule has 0 amide bonds. The van der Waals surface area contributed by atoms with Gasteiger partial charge in [0.25, 0.3) is 0 Å². The van der Waals surface area contributed by atoms with Crippen LogP contribution in [0.3, 0.4) is 0 Å². The first kappa shape index (κ1) is 8.02. The summed E-state index contributed by atoms with van der Waals surface area (Å²) in [5.41, 5.74) is 5.96. The molecule has 1 fully saturated rings. The lowest BCUT2D eigenvalue weighted by molar-refractivity contribution is 0.362. The van der Waals surface area contributed by atoms with Gasteiger partial charge in [0, 0.05) is 19.1 Å². The van der Waals surface area contributed by atoms with Crippen molar-refractivity contribution in [2.24, 2.45) is 17.6 Å². The highest BCUT2D eigenvalue weighted by Gasteiger charge is 2.24. The van der Waals surface area contributed by atoms with Crippen LogP contribution in [0.2, 0.25) is 0 Å². The second-order valence-electron chi connectivity index (χ2n) is 3.50. The third-order valence-corrected chi connectivity index (χ3v) is 2.34. The molecular weight excluding hydrogens is 124 g/mol. The van der Waals surface area contributed by atoms with E-state index in [-0.39, 0.29) is 0 Å². The van der Waals surface area contributed by atoms with Gasteiger partial charge in [-0.15, -0.1) is 0 Å². The normalized spacial score (nSPS) is 29.4. The minimum absolute atomic E-state index is 0.367. The Morgan fingerprint density at radius 3 is 2.60 bits per heavy atom. The van der Waals surface area contributed by atoms with E-state index in [2.05, 4.69) is 19.2 Å². The van der Waals surface area contributed by atoms with Crippen LogP contribution < -0.4 is 11.1 Å². The van der Waals surface area contributed by atoms with Gasteiger partial charge in [0.1, 0.15) is 0 Å². The number of hydrogen-bond acceptors (Lipinski definition) is 1. The van der Waals surface area contributed by atoms with Crippen LogP contribution in [-0.2, 0) is 0 Å². The van der Waals surface area contributed by atoms with Gasteiger partial charge < -0.3 is 5.73 Å². The third kappa shape index (κ3) is 1.70. The number of rotatable bonds is 2. The molecule has 2 atom stereocenters. The van der Waals surface area contributed by atoms with Crippen molar-refractivity contribution in [3.63, 3.8) is 0 Å². The molecule has 2 nitrogen and oxygen atoms in total. The highest BCUT2D eigenvalue weighted by atomic mass is 14.9.